The molecule has 3 heteroatoms. The van der Waals surface area contributed by atoms with Gasteiger partial charge in [-0.2, -0.15) is 0 Å². The molecular weight excluding hydrogens is 238 g/mol. The number of aliphatic hydroxyl groups excluding tert-OH is 1. The standard InChI is InChI=1S/C16H17NO2/c18-12-5-4-9-15-16(10-6-11-17-15)19-13-14-7-2-1-3-8-14/h1-4,6-11,18H,5,12-13H2. The lowest BCUT2D eigenvalue weighted by atomic mass is 10.2. The molecule has 0 radical (unpaired) electrons. The average Bonchev–Trinajstić information content (AvgIpc) is 2.48. The van der Waals surface area contributed by atoms with Crippen LogP contribution in [0.5, 0.6) is 5.75 Å². The molecule has 1 aromatic heterocycles. The van der Waals surface area contributed by atoms with Crippen LogP contribution in [0.25, 0.3) is 6.08 Å². The highest BCUT2D eigenvalue weighted by Gasteiger charge is 2.01. The predicted octanol–water partition coefficient (Wildman–Crippen LogP) is 3.06. The van der Waals surface area contributed by atoms with Gasteiger partial charge in [-0.3, -0.25) is 4.98 Å². The second-order valence-electron chi connectivity index (χ2n) is 4.08. The molecule has 1 N–H and O–H groups in total. The van der Waals surface area contributed by atoms with Gasteiger partial charge in [-0.15, -0.1) is 0 Å². The maximum atomic E-state index is 8.76. The molecule has 1 aromatic carbocycles. The summed E-state index contributed by atoms with van der Waals surface area (Å²) >= 11 is 0. The van der Waals surface area contributed by atoms with Crippen molar-refractivity contribution >= 4 is 6.08 Å². The van der Waals surface area contributed by atoms with E-state index in [0.717, 1.165) is 17.0 Å². The fraction of sp³-hybridized carbons (Fsp3) is 0.188. The molecular formula is C16H17NO2. The molecule has 1 heterocycles. The lowest BCUT2D eigenvalue weighted by Gasteiger charge is -2.08. The fourth-order valence-corrected chi connectivity index (χ4v) is 1.65. The van der Waals surface area contributed by atoms with Gasteiger partial charge in [-0.1, -0.05) is 36.4 Å². The summed E-state index contributed by atoms with van der Waals surface area (Å²) in [6.45, 7) is 0.664. The Morgan fingerprint density at radius 2 is 1.95 bits per heavy atom. The number of aromatic nitrogens is 1. The summed E-state index contributed by atoms with van der Waals surface area (Å²) in [7, 11) is 0. The van der Waals surface area contributed by atoms with Crippen molar-refractivity contribution in [1.82, 2.24) is 4.98 Å². The van der Waals surface area contributed by atoms with Crippen LogP contribution in [0.1, 0.15) is 17.7 Å². The third-order valence-electron chi connectivity index (χ3n) is 2.61. The Bertz CT molecular complexity index is 523. The highest BCUT2D eigenvalue weighted by atomic mass is 16.5. The van der Waals surface area contributed by atoms with Crippen molar-refractivity contribution in [2.24, 2.45) is 0 Å². The molecule has 98 valence electrons. The molecule has 19 heavy (non-hydrogen) atoms. The Balaban J connectivity index is 2.03. The van der Waals surface area contributed by atoms with Crippen molar-refractivity contribution in [3.8, 4) is 5.75 Å². The minimum atomic E-state index is 0.142. The van der Waals surface area contributed by atoms with Gasteiger partial charge in [0.05, 0.1) is 0 Å². The Hall–Kier alpha value is -2.13. The van der Waals surface area contributed by atoms with Crippen molar-refractivity contribution in [2.75, 3.05) is 6.61 Å². The van der Waals surface area contributed by atoms with Gasteiger partial charge in [-0.25, -0.2) is 0 Å². The maximum absolute atomic E-state index is 8.76. The molecule has 3 nitrogen and oxygen atoms in total. The Kier molecular flexibility index (Phi) is 5.14. The van der Waals surface area contributed by atoms with Gasteiger partial charge in [-0.05, 0) is 30.2 Å². The van der Waals surface area contributed by atoms with E-state index >= 15 is 0 Å². The number of hydrogen-bond donors (Lipinski definition) is 1. The lowest BCUT2D eigenvalue weighted by molar-refractivity contribution is 0.302. The highest BCUT2D eigenvalue weighted by Crippen LogP contribution is 2.18. The van der Waals surface area contributed by atoms with Gasteiger partial charge in [0.1, 0.15) is 18.1 Å². The highest BCUT2D eigenvalue weighted by molar-refractivity contribution is 5.52. The zero-order valence-electron chi connectivity index (χ0n) is 10.7. The number of pyridine rings is 1. The van der Waals surface area contributed by atoms with E-state index in [4.69, 9.17) is 9.84 Å². The van der Waals surface area contributed by atoms with Gasteiger partial charge in [0.2, 0.25) is 0 Å². The van der Waals surface area contributed by atoms with E-state index in [1.165, 1.54) is 0 Å². The van der Waals surface area contributed by atoms with E-state index in [1.807, 2.05) is 54.6 Å². The third-order valence-corrected chi connectivity index (χ3v) is 2.61. The summed E-state index contributed by atoms with van der Waals surface area (Å²) in [5, 5.41) is 8.76. The molecule has 0 aliphatic heterocycles. The van der Waals surface area contributed by atoms with Gasteiger partial charge in [0.25, 0.3) is 0 Å². The SMILES string of the molecule is OCCC=Cc1ncccc1OCc1ccccc1. The van der Waals surface area contributed by atoms with Crippen LogP contribution in [0.2, 0.25) is 0 Å². The molecule has 0 aliphatic rings. The molecule has 0 spiro atoms. The summed E-state index contributed by atoms with van der Waals surface area (Å²) in [4.78, 5) is 4.27. The van der Waals surface area contributed by atoms with E-state index in [-0.39, 0.29) is 6.61 Å². The first-order valence-electron chi connectivity index (χ1n) is 6.29. The van der Waals surface area contributed by atoms with Gasteiger partial charge in [0, 0.05) is 12.8 Å². The molecule has 0 aliphatic carbocycles. The molecule has 0 saturated heterocycles. The summed E-state index contributed by atoms with van der Waals surface area (Å²) in [6, 6.07) is 13.8. The average molecular weight is 255 g/mol. The van der Waals surface area contributed by atoms with Crippen molar-refractivity contribution in [3.63, 3.8) is 0 Å². The molecule has 2 rings (SSSR count). The summed E-state index contributed by atoms with van der Waals surface area (Å²) in [5.74, 6) is 0.751. The number of hydrogen-bond acceptors (Lipinski definition) is 3. The van der Waals surface area contributed by atoms with Crippen LogP contribution in [-0.2, 0) is 6.61 Å². The second kappa shape index (κ2) is 7.34. The summed E-state index contributed by atoms with van der Waals surface area (Å²) in [5.41, 5.74) is 1.91. The Morgan fingerprint density at radius 3 is 2.74 bits per heavy atom. The first-order valence-corrected chi connectivity index (χ1v) is 6.29. The number of benzene rings is 1. The topological polar surface area (TPSA) is 42.4 Å². The zero-order valence-corrected chi connectivity index (χ0v) is 10.7. The molecule has 0 atom stereocenters. The predicted molar refractivity (Wildman–Crippen MR) is 75.7 cm³/mol. The molecule has 0 unspecified atom stereocenters. The van der Waals surface area contributed by atoms with E-state index < -0.39 is 0 Å². The number of ether oxygens (including phenoxy) is 1. The maximum Gasteiger partial charge on any atom is 0.145 e. The van der Waals surface area contributed by atoms with E-state index in [2.05, 4.69) is 4.98 Å². The van der Waals surface area contributed by atoms with Crippen LogP contribution in [0, 0.1) is 0 Å². The number of aliphatic hydroxyl groups is 1. The molecule has 0 saturated carbocycles. The van der Waals surface area contributed by atoms with E-state index in [0.29, 0.717) is 13.0 Å². The van der Waals surface area contributed by atoms with Gasteiger partial charge >= 0.3 is 0 Å². The summed E-state index contributed by atoms with van der Waals surface area (Å²) in [6.07, 6.45) is 6.11. The molecule has 0 bridgehead atoms. The first-order chi connectivity index (χ1) is 9.40. The third kappa shape index (κ3) is 4.23. The number of nitrogens with zero attached hydrogens (tertiary/aromatic N) is 1. The Labute approximate surface area is 113 Å². The number of rotatable bonds is 6. The van der Waals surface area contributed by atoms with Crippen LogP contribution >= 0.6 is 0 Å². The smallest absolute Gasteiger partial charge is 0.145 e. The quantitative estimate of drug-likeness (QED) is 0.862. The van der Waals surface area contributed by atoms with Gasteiger partial charge < -0.3 is 9.84 Å². The van der Waals surface area contributed by atoms with Crippen LogP contribution in [0.15, 0.2) is 54.7 Å². The fourth-order valence-electron chi connectivity index (χ4n) is 1.65. The lowest BCUT2D eigenvalue weighted by Crippen LogP contribution is -1.97. The molecule has 2 aromatic rings. The zero-order chi connectivity index (χ0) is 13.3. The Morgan fingerprint density at radius 1 is 1.11 bits per heavy atom. The first kappa shape index (κ1) is 13.3. The minimum absolute atomic E-state index is 0.142. The second-order valence-corrected chi connectivity index (χ2v) is 4.08. The van der Waals surface area contributed by atoms with E-state index in [9.17, 15) is 0 Å². The van der Waals surface area contributed by atoms with E-state index in [1.54, 1.807) is 6.20 Å². The normalized spacial score (nSPS) is 10.8. The van der Waals surface area contributed by atoms with Crippen molar-refractivity contribution in [3.05, 3.63) is 66.0 Å². The molecule has 0 fully saturated rings. The summed E-state index contributed by atoms with van der Waals surface area (Å²) < 4.78 is 5.78. The van der Waals surface area contributed by atoms with Crippen LogP contribution < -0.4 is 4.74 Å². The van der Waals surface area contributed by atoms with Gasteiger partial charge in [0.15, 0.2) is 0 Å². The van der Waals surface area contributed by atoms with Crippen LogP contribution in [-0.4, -0.2) is 16.7 Å². The van der Waals surface area contributed by atoms with Crippen molar-refractivity contribution in [2.45, 2.75) is 13.0 Å². The van der Waals surface area contributed by atoms with Crippen LogP contribution in [0.3, 0.4) is 0 Å². The van der Waals surface area contributed by atoms with Crippen LogP contribution in [0.4, 0.5) is 0 Å². The van der Waals surface area contributed by atoms with Crippen molar-refractivity contribution in [1.29, 1.82) is 0 Å². The van der Waals surface area contributed by atoms with Crippen molar-refractivity contribution < 1.29 is 9.84 Å². The minimum Gasteiger partial charge on any atom is -0.487 e. The molecule has 0 amide bonds. The monoisotopic (exact) mass is 255 g/mol. The largest absolute Gasteiger partial charge is 0.487 e.